The lowest BCUT2D eigenvalue weighted by Crippen LogP contribution is -2.40. The molecule has 0 radical (unpaired) electrons. The number of fused-ring (bicyclic) bond motifs is 1. The van der Waals surface area contributed by atoms with Crippen molar-refractivity contribution in [1.82, 2.24) is 14.5 Å². The maximum atomic E-state index is 14.0. The van der Waals surface area contributed by atoms with Crippen molar-refractivity contribution >= 4 is 26.8 Å². The number of hydrogen-bond acceptors (Lipinski definition) is 3. The standard InChI is InChI=1S/C19H25BrFN3O/c1-4-6-17(24-8-5-7-12(2)11-24)18-22-16-10-15(21)14(20)9-13(16)19(25)23(18)3/h9-10,12,17H,4-8,11H2,1-3H3/t12-,17-/m1/s1. The highest BCUT2D eigenvalue weighted by Gasteiger charge is 2.28. The fourth-order valence-electron chi connectivity index (χ4n) is 3.84. The molecule has 0 saturated carbocycles. The Balaban J connectivity index is 2.12. The van der Waals surface area contributed by atoms with Gasteiger partial charge in [0.15, 0.2) is 0 Å². The molecule has 2 aromatic rings. The first-order chi connectivity index (χ1) is 11.9. The second-order valence-electron chi connectivity index (χ2n) is 7.16. The van der Waals surface area contributed by atoms with Crippen LogP contribution in [0, 0.1) is 11.7 Å². The molecule has 1 aliphatic heterocycles. The van der Waals surface area contributed by atoms with Crippen molar-refractivity contribution in [2.75, 3.05) is 13.1 Å². The Hall–Kier alpha value is -1.27. The van der Waals surface area contributed by atoms with Gasteiger partial charge in [-0.25, -0.2) is 9.37 Å². The second-order valence-corrected chi connectivity index (χ2v) is 8.02. The van der Waals surface area contributed by atoms with Gasteiger partial charge in [0.25, 0.3) is 5.56 Å². The molecule has 4 nitrogen and oxygen atoms in total. The fraction of sp³-hybridized carbons (Fsp3) is 0.579. The number of hydrogen-bond donors (Lipinski definition) is 0. The number of halogens is 2. The van der Waals surface area contributed by atoms with Crippen LogP contribution in [-0.4, -0.2) is 27.5 Å². The molecule has 1 fully saturated rings. The van der Waals surface area contributed by atoms with E-state index in [1.807, 2.05) is 0 Å². The van der Waals surface area contributed by atoms with E-state index >= 15 is 0 Å². The maximum absolute atomic E-state index is 14.0. The first-order valence-corrected chi connectivity index (χ1v) is 9.81. The molecule has 0 aliphatic carbocycles. The van der Waals surface area contributed by atoms with Gasteiger partial charge in [0, 0.05) is 19.7 Å². The zero-order valence-electron chi connectivity index (χ0n) is 15.1. The fourth-order valence-corrected chi connectivity index (χ4v) is 4.18. The summed E-state index contributed by atoms with van der Waals surface area (Å²) in [7, 11) is 1.78. The predicted molar refractivity (Wildman–Crippen MR) is 102 cm³/mol. The molecule has 0 N–H and O–H groups in total. The molecule has 25 heavy (non-hydrogen) atoms. The number of nitrogens with zero attached hydrogens (tertiary/aromatic N) is 3. The highest BCUT2D eigenvalue weighted by molar-refractivity contribution is 9.10. The van der Waals surface area contributed by atoms with Crippen molar-refractivity contribution in [2.24, 2.45) is 13.0 Å². The van der Waals surface area contributed by atoms with E-state index in [0.717, 1.165) is 31.8 Å². The normalized spacial score (nSPS) is 20.1. The highest BCUT2D eigenvalue weighted by atomic mass is 79.9. The molecule has 0 unspecified atom stereocenters. The van der Waals surface area contributed by atoms with Gasteiger partial charge < -0.3 is 0 Å². The topological polar surface area (TPSA) is 38.1 Å². The summed E-state index contributed by atoms with van der Waals surface area (Å²) in [6.45, 7) is 6.47. The first kappa shape index (κ1) is 18.5. The zero-order chi connectivity index (χ0) is 18.1. The molecular formula is C19H25BrFN3O. The van der Waals surface area contributed by atoms with Crippen LogP contribution in [0.25, 0.3) is 10.9 Å². The lowest BCUT2D eigenvalue weighted by atomic mass is 9.97. The number of piperidine rings is 1. The lowest BCUT2D eigenvalue weighted by molar-refractivity contribution is 0.115. The molecule has 1 saturated heterocycles. The zero-order valence-corrected chi connectivity index (χ0v) is 16.6. The average molecular weight is 410 g/mol. The molecule has 6 heteroatoms. The Morgan fingerprint density at radius 3 is 2.88 bits per heavy atom. The van der Waals surface area contributed by atoms with Crippen molar-refractivity contribution in [1.29, 1.82) is 0 Å². The highest BCUT2D eigenvalue weighted by Crippen LogP contribution is 2.30. The Labute approximate surface area is 156 Å². The third-order valence-corrected chi connectivity index (χ3v) is 5.75. The van der Waals surface area contributed by atoms with Gasteiger partial charge in [-0.05, 0) is 53.7 Å². The van der Waals surface area contributed by atoms with E-state index < -0.39 is 5.82 Å². The van der Waals surface area contributed by atoms with Crippen LogP contribution in [0.1, 0.15) is 51.4 Å². The first-order valence-electron chi connectivity index (χ1n) is 9.02. The van der Waals surface area contributed by atoms with Crippen LogP contribution in [0.2, 0.25) is 0 Å². The van der Waals surface area contributed by atoms with E-state index in [9.17, 15) is 9.18 Å². The Morgan fingerprint density at radius 2 is 2.20 bits per heavy atom. The van der Waals surface area contributed by atoms with Gasteiger partial charge in [-0.2, -0.15) is 0 Å². The van der Waals surface area contributed by atoms with Gasteiger partial charge in [-0.1, -0.05) is 20.3 Å². The number of aromatic nitrogens is 2. The molecule has 1 aliphatic rings. The van der Waals surface area contributed by atoms with Crippen molar-refractivity contribution in [2.45, 2.75) is 45.6 Å². The van der Waals surface area contributed by atoms with Crippen LogP contribution in [0.5, 0.6) is 0 Å². The van der Waals surface area contributed by atoms with Gasteiger partial charge in [-0.3, -0.25) is 14.3 Å². The van der Waals surface area contributed by atoms with Gasteiger partial charge in [0.05, 0.1) is 21.4 Å². The molecule has 0 spiro atoms. The largest absolute Gasteiger partial charge is 0.298 e. The molecule has 1 aromatic carbocycles. The van der Waals surface area contributed by atoms with E-state index in [4.69, 9.17) is 4.98 Å². The van der Waals surface area contributed by atoms with Crippen LogP contribution in [0.3, 0.4) is 0 Å². The van der Waals surface area contributed by atoms with Crippen molar-refractivity contribution in [3.63, 3.8) is 0 Å². The summed E-state index contributed by atoms with van der Waals surface area (Å²) in [5.74, 6) is 1.01. The third-order valence-electron chi connectivity index (χ3n) is 5.14. The number of rotatable bonds is 4. The quantitative estimate of drug-likeness (QED) is 0.750. The second kappa shape index (κ2) is 7.54. The van der Waals surface area contributed by atoms with E-state index in [-0.39, 0.29) is 11.6 Å². The number of benzene rings is 1. The summed E-state index contributed by atoms with van der Waals surface area (Å²) in [5.41, 5.74) is 0.317. The van der Waals surface area contributed by atoms with Crippen molar-refractivity contribution < 1.29 is 4.39 Å². The molecule has 2 heterocycles. The van der Waals surface area contributed by atoms with E-state index in [1.165, 1.54) is 25.0 Å². The van der Waals surface area contributed by atoms with Gasteiger partial charge in [0.1, 0.15) is 11.6 Å². The summed E-state index contributed by atoms with van der Waals surface area (Å²) < 4.78 is 15.9. The minimum Gasteiger partial charge on any atom is -0.298 e. The molecule has 0 amide bonds. The Bertz CT molecular complexity index is 836. The molecule has 136 valence electrons. The van der Waals surface area contributed by atoms with E-state index in [1.54, 1.807) is 11.6 Å². The smallest absolute Gasteiger partial charge is 0.261 e. The van der Waals surface area contributed by atoms with Crippen LogP contribution in [-0.2, 0) is 7.05 Å². The number of likely N-dealkylation sites (tertiary alicyclic amines) is 1. The Morgan fingerprint density at radius 1 is 1.44 bits per heavy atom. The van der Waals surface area contributed by atoms with Crippen molar-refractivity contribution in [3.8, 4) is 0 Å². The van der Waals surface area contributed by atoms with E-state index in [0.29, 0.717) is 21.3 Å². The summed E-state index contributed by atoms with van der Waals surface area (Å²) in [4.78, 5) is 20.0. The van der Waals surface area contributed by atoms with Crippen LogP contribution in [0.4, 0.5) is 4.39 Å². The molecule has 0 bridgehead atoms. The SMILES string of the molecule is CCC[C@H](c1nc2cc(F)c(Br)cc2c(=O)n1C)N1CCC[C@@H](C)C1. The lowest BCUT2D eigenvalue weighted by Gasteiger charge is -2.37. The molecular weight excluding hydrogens is 385 g/mol. The van der Waals surface area contributed by atoms with E-state index in [2.05, 4.69) is 34.7 Å². The maximum Gasteiger partial charge on any atom is 0.261 e. The van der Waals surface area contributed by atoms with Gasteiger partial charge in [0.2, 0.25) is 0 Å². The molecule has 3 rings (SSSR count). The summed E-state index contributed by atoms with van der Waals surface area (Å²) in [6.07, 6.45) is 4.37. The molecule has 1 aromatic heterocycles. The van der Waals surface area contributed by atoms with Crippen LogP contribution >= 0.6 is 15.9 Å². The van der Waals surface area contributed by atoms with Crippen LogP contribution in [0.15, 0.2) is 21.4 Å². The van der Waals surface area contributed by atoms with Crippen LogP contribution < -0.4 is 5.56 Å². The summed E-state index contributed by atoms with van der Waals surface area (Å²) >= 11 is 3.16. The van der Waals surface area contributed by atoms with Crippen molar-refractivity contribution in [3.05, 3.63) is 38.6 Å². The summed E-state index contributed by atoms with van der Waals surface area (Å²) in [5, 5.41) is 0.446. The molecule has 2 atom stereocenters. The monoisotopic (exact) mass is 409 g/mol. The van der Waals surface area contributed by atoms with Gasteiger partial charge in [-0.15, -0.1) is 0 Å². The minimum absolute atomic E-state index is 0.0987. The Kier molecular flexibility index (Phi) is 5.58. The summed E-state index contributed by atoms with van der Waals surface area (Å²) in [6, 6.07) is 2.98. The average Bonchev–Trinajstić information content (AvgIpc) is 2.58. The minimum atomic E-state index is -0.391. The predicted octanol–water partition coefficient (Wildman–Crippen LogP) is 4.41. The van der Waals surface area contributed by atoms with Gasteiger partial charge >= 0.3 is 0 Å². The third kappa shape index (κ3) is 3.65.